The Morgan fingerprint density at radius 1 is 1.30 bits per heavy atom. The fourth-order valence-corrected chi connectivity index (χ4v) is 3.52. The molecule has 0 saturated heterocycles. The molecule has 2 aromatic rings. The van der Waals surface area contributed by atoms with E-state index in [1.54, 1.807) is 4.90 Å². The lowest BCUT2D eigenvalue weighted by molar-refractivity contribution is 0.102. The molecule has 4 N–H and O–H groups in total. The molecule has 0 radical (unpaired) electrons. The number of benzene rings is 1. The summed E-state index contributed by atoms with van der Waals surface area (Å²) >= 11 is 0. The summed E-state index contributed by atoms with van der Waals surface area (Å²) in [6.07, 6.45) is 1.66. The van der Waals surface area contributed by atoms with Gasteiger partial charge in [-0.15, -0.1) is 12.4 Å². The van der Waals surface area contributed by atoms with Crippen LogP contribution >= 0.6 is 12.4 Å². The van der Waals surface area contributed by atoms with Crippen molar-refractivity contribution in [1.29, 1.82) is 0 Å². The number of carbonyl (C=O) groups excluding carboxylic acids is 2. The molecular formula is C18H23ClN6O2. The van der Waals surface area contributed by atoms with Crippen molar-refractivity contribution < 1.29 is 9.59 Å². The molecule has 1 aromatic heterocycles. The third-order valence-corrected chi connectivity index (χ3v) is 4.83. The maximum Gasteiger partial charge on any atom is 0.321 e. The molecule has 1 aromatic carbocycles. The Kier molecular flexibility index (Phi) is 5.67. The van der Waals surface area contributed by atoms with E-state index in [1.165, 1.54) is 0 Å². The van der Waals surface area contributed by atoms with Crippen LogP contribution in [0.25, 0.3) is 0 Å². The molecule has 0 spiro atoms. The van der Waals surface area contributed by atoms with E-state index >= 15 is 0 Å². The quantitative estimate of drug-likeness (QED) is 0.642. The molecule has 0 bridgehead atoms. The van der Waals surface area contributed by atoms with Crippen molar-refractivity contribution in [3.63, 3.8) is 0 Å². The van der Waals surface area contributed by atoms with E-state index in [2.05, 4.69) is 26.1 Å². The van der Waals surface area contributed by atoms with E-state index in [0.717, 1.165) is 41.9 Å². The molecule has 4 rings (SSSR count). The maximum atomic E-state index is 12.7. The molecule has 0 unspecified atom stereocenters. The van der Waals surface area contributed by atoms with Crippen LogP contribution in [-0.4, -0.2) is 41.8 Å². The van der Waals surface area contributed by atoms with Crippen LogP contribution in [0.5, 0.6) is 0 Å². The zero-order valence-electron chi connectivity index (χ0n) is 15.1. The SMILES string of the molecule is CCNC(=O)N1CCc2ccc(NC(=O)c3n[nH]c4c3CNCC4)cc21.Cl. The number of fused-ring (bicyclic) bond motifs is 2. The Labute approximate surface area is 163 Å². The topological polar surface area (TPSA) is 102 Å². The number of anilines is 2. The average molecular weight is 391 g/mol. The average Bonchev–Trinajstić information content (AvgIpc) is 3.25. The smallest absolute Gasteiger partial charge is 0.321 e. The first-order chi connectivity index (χ1) is 12.7. The van der Waals surface area contributed by atoms with Crippen molar-refractivity contribution in [1.82, 2.24) is 20.8 Å². The molecule has 9 heteroatoms. The summed E-state index contributed by atoms with van der Waals surface area (Å²) in [5.74, 6) is -0.242. The zero-order valence-corrected chi connectivity index (χ0v) is 15.9. The summed E-state index contributed by atoms with van der Waals surface area (Å²) < 4.78 is 0. The molecule has 144 valence electrons. The minimum atomic E-state index is -0.242. The number of nitrogens with one attached hydrogen (secondary N) is 4. The van der Waals surface area contributed by atoms with Gasteiger partial charge in [0.15, 0.2) is 5.69 Å². The number of H-pyrrole nitrogens is 1. The fourth-order valence-electron chi connectivity index (χ4n) is 3.52. The summed E-state index contributed by atoms with van der Waals surface area (Å²) in [7, 11) is 0. The van der Waals surface area contributed by atoms with Crippen molar-refractivity contribution in [3.8, 4) is 0 Å². The van der Waals surface area contributed by atoms with E-state index in [9.17, 15) is 9.59 Å². The minimum Gasteiger partial charge on any atom is -0.338 e. The number of nitrogens with zero attached hydrogens (tertiary/aromatic N) is 2. The molecule has 0 fully saturated rings. The fraction of sp³-hybridized carbons (Fsp3) is 0.389. The van der Waals surface area contributed by atoms with Crippen molar-refractivity contribution in [3.05, 3.63) is 40.7 Å². The molecule has 0 atom stereocenters. The lowest BCUT2D eigenvalue weighted by Gasteiger charge is -2.18. The summed E-state index contributed by atoms with van der Waals surface area (Å²) in [4.78, 5) is 26.6. The second kappa shape index (κ2) is 7.98. The standard InChI is InChI=1S/C18H22N6O2.ClH/c1-2-20-18(26)24-8-6-11-3-4-12(9-15(11)24)21-17(25)16-13-10-19-7-5-14(13)22-23-16;/h3-4,9,19H,2,5-8,10H2,1H3,(H,20,26)(H,21,25)(H,22,23);1H. The molecule has 8 nitrogen and oxygen atoms in total. The van der Waals surface area contributed by atoms with Crippen LogP contribution in [-0.2, 0) is 19.4 Å². The van der Waals surface area contributed by atoms with E-state index in [0.29, 0.717) is 31.0 Å². The predicted molar refractivity (Wildman–Crippen MR) is 106 cm³/mol. The Hall–Kier alpha value is -2.58. The Morgan fingerprint density at radius 3 is 2.96 bits per heavy atom. The Morgan fingerprint density at radius 2 is 2.15 bits per heavy atom. The molecule has 3 heterocycles. The number of rotatable bonds is 3. The lowest BCUT2D eigenvalue weighted by Crippen LogP contribution is -2.38. The normalized spacial score (nSPS) is 14.8. The van der Waals surface area contributed by atoms with E-state index in [4.69, 9.17) is 0 Å². The molecular weight excluding hydrogens is 368 g/mol. The van der Waals surface area contributed by atoms with Crippen LogP contribution in [0.15, 0.2) is 18.2 Å². The summed E-state index contributed by atoms with van der Waals surface area (Å²) in [6.45, 7) is 4.65. The first-order valence-electron chi connectivity index (χ1n) is 8.94. The highest BCUT2D eigenvalue weighted by molar-refractivity contribution is 6.05. The van der Waals surface area contributed by atoms with Crippen LogP contribution in [0.4, 0.5) is 16.2 Å². The Bertz CT molecular complexity index is 866. The van der Waals surface area contributed by atoms with Gasteiger partial charge in [0.25, 0.3) is 5.91 Å². The van der Waals surface area contributed by atoms with Gasteiger partial charge < -0.3 is 16.0 Å². The molecule has 2 aliphatic rings. The van der Waals surface area contributed by atoms with Gasteiger partial charge in [0.1, 0.15) is 0 Å². The van der Waals surface area contributed by atoms with Gasteiger partial charge in [-0.1, -0.05) is 6.07 Å². The van der Waals surface area contributed by atoms with Crippen molar-refractivity contribution in [2.45, 2.75) is 26.3 Å². The second-order valence-corrected chi connectivity index (χ2v) is 6.49. The number of amides is 3. The van der Waals surface area contributed by atoms with Gasteiger partial charge >= 0.3 is 6.03 Å². The number of hydrogen-bond donors (Lipinski definition) is 4. The van der Waals surface area contributed by atoms with Crippen LogP contribution in [0.1, 0.15) is 34.2 Å². The van der Waals surface area contributed by atoms with Gasteiger partial charge in [0, 0.05) is 49.5 Å². The number of aromatic nitrogens is 2. The molecule has 27 heavy (non-hydrogen) atoms. The highest BCUT2D eigenvalue weighted by Gasteiger charge is 2.26. The highest BCUT2D eigenvalue weighted by Crippen LogP contribution is 2.31. The first kappa shape index (κ1) is 19.2. The predicted octanol–water partition coefficient (Wildman–Crippen LogP) is 1.82. The second-order valence-electron chi connectivity index (χ2n) is 6.49. The van der Waals surface area contributed by atoms with Crippen LogP contribution < -0.4 is 20.9 Å². The van der Waals surface area contributed by atoms with Gasteiger partial charge in [0.05, 0.1) is 5.69 Å². The molecule has 2 aliphatic heterocycles. The van der Waals surface area contributed by atoms with E-state index in [1.807, 2.05) is 25.1 Å². The van der Waals surface area contributed by atoms with Gasteiger partial charge in [-0.25, -0.2) is 4.79 Å². The summed E-state index contributed by atoms with van der Waals surface area (Å²) in [6, 6.07) is 5.58. The van der Waals surface area contributed by atoms with E-state index in [-0.39, 0.29) is 24.3 Å². The number of aromatic amines is 1. The monoisotopic (exact) mass is 390 g/mol. The first-order valence-corrected chi connectivity index (χ1v) is 8.94. The van der Waals surface area contributed by atoms with Crippen LogP contribution in [0.2, 0.25) is 0 Å². The number of carbonyl (C=O) groups is 2. The van der Waals surface area contributed by atoms with Crippen molar-refractivity contribution in [2.75, 3.05) is 29.9 Å². The third-order valence-electron chi connectivity index (χ3n) is 4.83. The number of urea groups is 1. The molecule has 0 aliphatic carbocycles. The molecule has 3 amide bonds. The van der Waals surface area contributed by atoms with Crippen molar-refractivity contribution in [2.24, 2.45) is 0 Å². The maximum absolute atomic E-state index is 12.7. The van der Waals surface area contributed by atoms with Gasteiger partial charge in [0.2, 0.25) is 0 Å². The largest absolute Gasteiger partial charge is 0.338 e. The van der Waals surface area contributed by atoms with Crippen molar-refractivity contribution >= 4 is 35.7 Å². The number of hydrogen-bond acceptors (Lipinski definition) is 4. The van der Waals surface area contributed by atoms with Crippen LogP contribution in [0, 0.1) is 0 Å². The third kappa shape index (κ3) is 3.63. The molecule has 0 saturated carbocycles. The van der Waals surface area contributed by atoms with Gasteiger partial charge in [-0.05, 0) is 31.0 Å². The van der Waals surface area contributed by atoms with E-state index < -0.39 is 0 Å². The highest BCUT2D eigenvalue weighted by atomic mass is 35.5. The van der Waals surface area contributed by atoms with Crippen LogP contribution in [0.3, 0.4) is 0 Å². The number of halogens is 1. The van der Waals surface area contributed by atoms with Gasteiger partial charge in [-0.2, -0.15) is 5.10 Å². The zero-order chi connectivity index (χ0) is 18.1. The Balaban J connectivity index is 0.00000210. The summed E-state index contributed by atoms with van der Waals surface area (Å²) in [5.41, 5.74) is 4.98. The van der Waals surface area contributed by atoms with Gasteiger partial charge in [-0.3, -0.25) is 14.8 Å². The minimum absolute atomic E-state index is 0. The lowest BCUT2D eigenvalue weighted by atomic mass is 10.1. The summed E-state index contributed by atoms with van der Waals surface area (Å²) in [5, 5.41) is 16.1.